The zero-order valence-corrected chi connectivity index (χ0v) is 7.71. The van der Waals surface area contributed by atoms with Crippen molar-refractivity contribution in [3.8, 4) is 0 Å². The number of thiocarbonyl (C=S) groups is 1. The Hall–Kier alpha value is -0.290. The van der Waals surface area contributed by atoms with E-state index in [0.717, 1.165) is 12.0 Å². The van der Waals surface area contributed by atoms with Crippen molar-refractivity contribution in [2.45, 2.75) is 6.92 Å². The Bertz CT molecular complexity index is 147. The van der Waals surface area contributed by atoms with Crippen LogP contribution in [0.1, 0.15) is 6.92 Å². The zero-order valence-electron chi connectivity index (χ0n) is 6.08. The fourth-order valence-electron chi connectivity index (χ4n) is 0.169. The Labute approximate surface area is 69.9 Å². The highest BCUT2D eigenvalue weighted by Crippen LogP contribution is 2.07. The first-order valence-electron chi connectivity index (χ1n) is 2.60. The molecule has 0 radical (unpaired) electrons. The van der Waals surface area contributed by atoms with Crippen LogP contribution in [0.5, 0.6) is 0 Å². The lowest BCUT2D eigenvalue weighted by atomic mass is 10.9. The van der Waals surface area contributed by atoms with E-state index in [0.29, 0.717) is 4.32 Å². The molecule has 0 aliphatic heterocycles. The van der Waals surface area contributed by atoms with Gasteiger partial charge in [0.1, 0.15) is 12.0 Å². The van der Waals surface area contributed by atoms with Crippen LogP contribution in [0.15, 0.2) is 0 Å². The van der Waals surface area contributed by atoms with Crippen LogP contribution in [0.25, 0.3) is 0 Å². The second-order valence-electron chi connectivity index (χ2n) is 1.82. The molecule has 0 aliphatic carbocycles. The van der Waals surface area contributed by atoms with Gasteiger partial charge < -0.3 is 9.08 Å². The van der Waals surface area contributed by atoms with Crippen molar-refractivity contribution in [2.75, 3.05) is 14.1 Å². The Morgan fingerprint density at radius 3 is 2.40 bits per heavy atom. The molecule has 0 atom stereocenters. The van der Waals surface area contributed by atoms with Gasteiger partial charge in [0.15, 0.2) is 4.32 Å². The van der Waals surface area contributed by atoms with E-state index in [2.05, 4.69) is 4.18 Å². The monoisotopic (exact) mass is 179 g/mol. The molecule has 0 amide bonds. The molecule has 5 heteroatoms. The molecule has 0 aromatic heterocycles. The number of nitrogens with zero attached hydrogens (tertiary/aromatic N) is 1. The molecule has 3 nitrogen and oxygen atoms in total. The van der Waals surface area contributed by atoms with E-state index in [4.69, 9.17) is 12.2 Å². The Balaban J connectivity index is 3.50. The predicted molar refractivity (Wildman–Crippen MR) is 45.6 cm³/mol. The van der Waals surface area contributed by atoms with Gasteiger partial charge >= 0.3 is 5.97 Å². The average Bonchev–Trinajstić information content (AvgIpc) is 1.82. The van der Waals surface area contributed by atoms with E-state index >= 15 is 0 Å². The normalized spacial score (nSPS) is 8.70. The molecule has 0 fully saturated rings. The maximum atomic E-state index is 10.2. The van der Waals surface area contributed by atoms with Gasteiger partial charge in [-0.1, -0.05) is 0 Å². The Morgan fingerprint density at radius 2 is 2.10 bits per heavy atom. The molecule has 58 valence electrons. The Morgan fingerprint density at radius 1 is 1.60 bits per heavy atom. The molecule has 0 aliphatic rings. The van der Waals surface area contributed by atoms with E-state index in [9.17, 15) is 4.79 Å². The maximum Gasteiger partial charge on any atom is 0.315 e. The van der Waals surface area contributed by atoms with E-state index in [-0.39, 0.29) is 5.97 Å². The first-order valence-corrected chi connectivity index (χ1v) is 3.75. The van der Waals surface area contributed by atoms with Gasteiger partial charge in [0, 0.05) is 21.0 Å². The number of carbonyl (C=O) groups is 1. The van der Waals surface area contributed by atoms with Crippen molar-refractivity contribution >= 4 is 34.6 Å². The van der Waals surface area contributed by atoms with Crippen LogP contribution in [-0.2, 0) is 8.98 Å². The molecular weight excluding hydrogens is 170 g/mol. The lowest BCUT2D eigenvalue weighted by molar-refractivity contribution is -0.130. The van der Waals surface area contributed by atoms with E-state index in [1.807, 2.05) is 0 Å². The Kier molecular flexibility index (Phi) is 4.38. The molecule has 10 heavy (non-hydrogen) atoms. The van der Waals surface area contributed by atoms with Gasteiger partial charge in [-0.15, -0.1) is 0 Å². The number of rotatable bonds is 0. The minimum absolute atomic E-state index is 0.339. The van der Waals surface area contributed by atoms with Crippen LogP contribution in [0.3, 0.4) is 0 Å². The standard InChI is InChI=1S/C5H9NO2S2/c1-4(7)8-10-5(9)6(2)3/h1-3H3. The molecule has 0 heterocycles. The molecule has 0 unspecified atom stereocenters. The highest BCUT2D eigenvalue weighted by atomic mass is 32.2. The van der Waals surface area contributed by atoms with Crippen molar-refractivity contribution in [3.05, 3.63) is 0 Å². The fraction of sp³-hybridized carbons (Fsp3) is 0.600. The van der Waals surface area contributed by atoms with Crippen molar-refractivity contribution in [1.29, 1.82) is 0 Å². The second-order valence-corrected chi connectivity index (χ2v) is 3.18. The SMILES string of the molecule is CC(=O)OSC(=S)N(C)C. The largest absolute Gasteiger partial charge is 0.384 e. The molecular formula is C5H9NO2S2. The number of hydrogen-bond donors (Lipinski definition) is 0. The minimum atomic E-state index is -0.339. The summed E-state index contributed by atoms with van der Waals surface area (Å²) in [6.07, 6.45) is 0. The van der Waals surface area contributed by atoms with Gasteiger partial charge in [0.05, 0.1) is 0 Å². The van der Waals surface area contributed by atoms with Gasteiger partial charge in [-0.25, -0.2) is 0 Å². The summed E-state index contributed by atoms with van der Waals surface area (Å²) in [5.74, 6) is -0.339. The third kappa shape index (κ3) is 4.58. The fourth-order valence-corrected chi connectivity index (χ4v) is 0.609. The van der Waals surface area contributed by atoms with E-state index in [1.165, 1.54) is 6.92 Å². The molecule has 0 aromatic rings. The summed E-state index contributed by atoms with van der Waals surface area (Å²) in [5.41, 5.74) is 0. The molecule has 0 bridgehead atoms. The summed E-state index contributed by atoms with van der Waals surface area (Å²) in [6.45, 7) is 1.34. The second kappa shape index (κ2) is 4.51. The summed E-state index contributed by atoms with van der Waals surface area (Å²) < 4.78 is 5.10. The topological polar surface area (TPSA) is 29.5 Å². The van der Waals surface area contributed by atoms with Crippen LogP contribution in [0.2, 0.25) is 0 Å². The average molecular weight is 179 g/mol. The molecule has 0 saturated heterocycles. The van der Waals surface area contributed by atoms with Gasteiger partial charge in [0.2, 0.25) is 0 Å². The molecule has 0 aromatic carbocycles. The summed E-state index contributed by atoms with van der Waals surface area (Å²) in [6, 6.07) is 0. The van der Waals surface area contributed by atoms with E-state index in [1.54, 1.807) is 19.0 Å². The predicted octanol–water partition coefficient (Wildman–Crippen LogP) is 1.04. The van der Waals surface area contributed by atoms with Gasteiger partial charge in [0.25, 0.3) is 0 Å². The number of hydrogen-bond acceptors (Lipinski definition) is 4. The van der Waals surface area contributed by atoms with Crippen molar-refractivity contribution in [3.63, 3.8) is 0 Å². The lowest BCUT2D eigenvalue weighted by Gasteiger charge is -2.10. The lowest BCUT2D eigenvalue weighted by Crippen LogP contribution is -2.16. The first kappa shape index (κ1) is 9.71. The summed E-state index contributed by atoms with van der Waals surface area (Å²) in [4.78, 5) is 11.9. The maximum absolute atomic E-state index is 10.2. The number of carbonyl (C=O) groups excluding carboxylic acids is 1. The summed E-state index contributed by atoms with van der Waals surface area (Å²) in [7, 11) is 3.58. The smallest absolute Gasteiger partial charge is 0.315 e. The van der Waals surface area contributed by atoms with Crippen molar-refractivity contribution < 1.29 is 8.98 Å². The molecule has 0 rings (SSSR count). The summed E-state index contributed by atoms with van der Waals surface area (Å²) >= 11 is 5.71. The van der Waals surface area contributed by atoms with Crippen LogP contribution in [0.4, 0.5) is 0 Å². The van der Waals surface area contributed by atoms with Gasteiger partial charge in [-0.3, -0.25) is 4.79 Å². The quantitative estimate of drug-likeness (QED) is 0.409. The van der Waals surface area contributed by atoms with Gasteiger partial charge in [-0.05, 0) is 12.2 Å². The molecule has 0 saturated carbocycles. The first-order chi connectivity index (χ1) is 4.54. The third-order valence-electron chi connectivity index (χ3n) is 0.595. The van der Waals surface area contributed by atoms with Gasteiger partial charge in [-0.2, -0.15) is 0 Å². The highest BCUT2D eigenvalue weighted by molar-refractivity contribution is 8.20. The van der Waals surface area contributed by atoms with Crippen molar-refractivity contribution in [2.24, 2.45) is 0 Å². The highest BCUT2D eigenvalue weighted by Gasteiger charge is 2.02. The summed E-state index contributed by atoms with van der Waals surface area (Å²) in [5, 5.41) is 0. The van der Waals surface area contributed by atoms with Crippen LogP contribution in [-0.4, -0.2) is 29.3 Å². The molecule has 0 N–H and O–H groups in total. The zero-order chi connectivity index (χ0) is 8.15. The van der Waals surface area contributed by atoms with Crippen LogP contribution < -0.4 is 0 Å². The van der Waals surface area contributed by atoms with E-state index < -0.39 is 0 Å². The van der Waals surface area contributed by atoms with Crippen molar-refractivity contribution in [1.82, 2.24) is 4.90 Å². The third-order valence-corrected chi connectivity index (χ3v) is 1.99. The molecule has 0 spiro atoms. The minimum Gasteiger partial charge on any atom is -0.384 e. The van der Waals surface area contributed by atoms with Crippen LogP contribution in [0, 0.1) is 0 Å². The van der Waals surface area contributed by atoms with Crippen LogP contribution >= 0.6 is 24.3 Å².